The SMILES string of the molecule is CCCCN=C(NN)NC(C)c1sc(C)nc1C. The molecule has 0 amide bonds. The minimum absolute atomic E-state index is 0.160. The number of aryl methyl sites for hydroxylation is 2. The summed E-state index contributed by atoms with van der Waals surface area (Å²) >= 11 is 1.71. The molecule has 0 radical (unpaired) electrons. The van der Waals surface area contributed by atoms with Crippen LogP contribution < -0.4 is 16.6 Å². The Balaban J connectivity index is 2.64. The number of hydrogen-bond donors (Lipinski definition) is 3. The fourth-order valence-corrected chi connectivity index (χ4v) is 2.63. The number of rotatable bonds is 5. The Morgan fingerprint density at radius 2 is 2.22 bits per heavy atom. The average Bonchev–Trinajstić information content (AvgIpc) is 2.67. The fraction of sp³-hybridized carbons (Fsp3) is 0.667. The molecule has 5 nitrogen and oxygen atoms in total. The highest BCUT2D eigenvalue weighted by Gasteiger charge is 2.13. The molecule has 18 heavy (non-hydrogen) atoms. The van der Waals surface area contributed by atoms with Gasteiger partial charge in [0.2, 0.25) is 5.96 Å². The van der Waals surface area contributed by atoms with E-state index in [0.29, 0.717) is 5.96 Å². The molecule has 1 atom stereocenters. The van der Waals surface area contributed by atoms with Gasteiger partial charge in [0, 0.05) is 11.4 Å². The molecule has 0 spiro atoms. The van der Waals surface area contributed by atoms with Gasteiger partial charge in [-0.15, -0.1) is 11.3 Å². The van der Waals surface area contributed by atoms with E-state index < -0.39 is 0 Å². The summed E-state index contributed by atoms with van der Waals surface area (Å²) in [5.74, 6) is 6.11. The van der Waals surface area contributed by atoms with Crippen molar-refractivity contribution in [3.8, 4) is 0 Å². The first-order valence-corrected chi connectivity index (χ1v) is 7.11. The Hall–Kier alpha value is -1.14. The Morgan fingerprint density at radius 3 is 2.72 bits per heavy atom. The lowest BCUT2D eigenvalue weighted by molar-refractivity contribution is 0.689. The number of aromatic nitrogens is 1. The highest BCUT2D eigenvalue weighted by Crippen LogP contribution is 2.24. The van der Waals surface area contributed by atoms with Gasteiger partial charge in [0.05, 0.1) is 16.7 Å². The van der Waals surface area contributed by atoms with E-state index in [4.69, 9.17) is 5.84 Å². The van der Waals surface area contributed by atoms with Gasteiger partial charge in [0.1, 0.15) is 0 Å². The Kier molecular flexibility index (Phi) is 6.07. The van der Waals surface area contributed by atoms with Crippen LogP contribution in [0.25, 0.3) is 0 Å². The van der Waals surface area contributed by atoms with Crippen molar-refractivity contribution < 1.29 is 0 Å². The quantitative estimate of drug-likeness (QED) is 0.251. The zero-order chi connectivity index (χ0) is 13.5. The van der Waals surface area contributed by atoms with Crippen molar-refractivity contribution in [2.45, 2.75) is 46.6 Å². The predicted octanol–water partition coefficient (Wildman–Crippen LogP) is 2.03. The van der Waals surface area contributed by atoms with Gasteiger partial charge in [0.25, 0.3) is 0 Å². The summed E-state index contributed by atoms with van der Waals surface area (Å²) in [5, 5.41) is 4.36. The number of nitrogens with zero attached hydrogens (tertiary/aromatic N) is 2. The van der Waals surface area contributed by atoms with Gasteiger partial charge in [-0.1, -0.05) is 13.3 Å². The highest BCUT2D eigenvalue weighted by molar-refractivity contribution is 7.11. The van der Waals surface area contributed by atoms with E-state index in [1.807, 2.05) is 13.8 Å². The number of guanidine groups is 1. The summed E-state index contributed by atoms with van der Waals surface area (Å²) in [6.45, 7) is 9.07. The molecule has 0 aliphatic carbocycles. The van der Waals surface area contributed by atoms with E-state index in [1.165, 1.54) is 4.88 Å². The Labute approximate surface area is 113 Å². The minimum Gasteiger partial charge on any atom is -0.348 e. The molecular weight excluding hydrogens is 246 g/mol. The zero-order valence-electron chi connectivity index (χ0n) is 11.6. The minimum atomic E-state index is 0.160. The summed E-state index contributed by atoms with van der Waals surface area (Å²) in [5.41, 5.74) is 3.68. The van der Waals surface area contributed by atoms with Gasteiger partial charge >= 0.3 is 0 Å². The summed E-state index contributed by atoms with van der Waals surface area (Å²) in [6.07, 6.45) is 2.20. The molecule has 0 saturated heterocycles. The maximum Gasteiger partial charge on any atom is 0.206 e. The van der Waals surface area contributed by atoms with Crippen LogP contribution in [0.1, 0.15) is 48.3 Å². The second kappa shape index (κ2) is 7.33. The summed E-state index contributed by atoms with van der Waals surface area (Å²) in [6, 6.07) is 0.160. The van der Waals surface area contributed by atoms with E-state index in [2.05, 4.69) is 34.6 Å². The molecule has 1 rings (SSSR count). The van der Waals surface area contributed by atoms with Gasteiger partial charge in [-0.25, -0.2) is 10.8 Å². The van der Waals surface area contributed by atoms with Gasteiger partial charge in [0.15, 0.2) is 0 Å². The van der Waals surface area contributed by atoms with Crippen molar-refractivity contribution >= 4 is 17.3 Å². The molecule has 1 aromatic heterocycles. The zero-order valence-corrected chi connectivity index (χ0v) is 12.4. The third-order valence-electron chi connectivity index (χ3n) is 2.60. The summed E-state index contributed by atoms with van der Waals surface area (Å²) in [4.78, 5) is 10.0. The number of nitrogens with one attached hydrogen (secondary N) is 2. The third-order valence-corrected chi connectivity index (χ3v) is 3.86. The lowest BCUT2D eigenvalue weighted by Crippen LogP contribution is -2.42. The molecule has 0 aliphatic rings. The normalized spacial score (nSPS) is 13.5. The van der Waals surface area contributed by atoms with Crippen LogP contribution in [0.2, 0.25) is 0 Å². The van der Waals surface area contributed by atoms with Gasteiger partial charge in [-0.3, -0.25) is 10.4 Å². The standard InChI is InChI=1S/C12H23N5S/c1-5-6-7-14-12(17-13)16-9(3)11-8(2)15-10(4)18-11/h9H,5-7,13H2,1-4H3,(H2,14,16,17). The molecule has 1 aromatic rings. The summed E-state index contributed by atoms with van der Waals surface area (Å²) in [7, 11) is 0. The second-order valence-electron chi connectivity index (χ2n) is 4.28. The maximum absolute atomic E-state index is 5.47. The van der Waals surface area contributed by atoms with Crippen LogP contribution in [-0.2, 0) is 0 Å². The van der Waals surface area contributed by atoms with Crippen molar-refractivity contribution in [1.29, 1.82) is 0 Å². The van der Waals surface area contributed by atoms with Crippen LogP contribution >= 0.6 is 11.3 Å². The number of thiazole rings is 1. The van der Waals surface area contributed by atoms with E-state index in [-0.39, 0.29) is 6.04 Å². The number of hydrogen-bond acceptors (Lipinski definition) is 4. The molecule has 0 bridgehead atoms. The fourth-order valence-electron chi connectivity index (χ4n) is 1.70. The number of aliphatic imine (C=N–C) groups is 1. The van der Waals surface area contributed by atoms with Crippen molar-refractivity contribution in [3.05, 3.63) is 15.6 Å². The maximum atomic E-state index is 5.47. The van der Waals surface area contributed by atoms with Crippen LogP contribution in [0, 0.1) is 13.8 Å². The molecule has 0 aromatic carbocycles. The lowest BCUT2D eigenvalue weighted by atomic mass is 10.2. The van der Waals surface area contributed by atoms with E-state index in [0.717, 1.165) is 30.1 Å². The van der Waals surface area contributed by atoms with Gasteiger partial charge in [-0.2, -0.15) is 0 Å². The molecule has 1 unspecified atom stereocenters. The Morgan fingerprint density at radius 1 is 1.50 bits per heavy atom. The van der Waals surface area contributed by atoms with Crippen molar-refractivity contribution in [2.75, 3.05) is 6.54 Å². The molecule has 1 heterocycles. The molecule has 0 aliphatic heterocycles. The van der Waals surface area contributed by atoms with Crippen molar-refractivity contribution in [2.24, 2.45) is 10.8 Å². The van der Waals surface area contributed by atoms with Crippen LogP contribution in [0.15, 0.2) is 4.99 Å². The monoisotopic (exact) mass is 269 g/mol. The largest absolute Gasteiger partial charge is 0.348 e. The smallest absolute Gasteiger partial charge is 0.206 e. The first-order valence-electron chi connectivity index (χ1n) is 6.30. The Bertz CT molecular complexity index is 399. The van der Waals surface area contributed by atoms with E-state index >= 15 is 0 Å². The molecule has 6 heteroatoms. The van der Waals surface area contributed by atoms with E-state index in [1.54, 1.807) is 11.3 Å². The summed E-state index contributed by atoms with van der Waals surface area (Å²) < 4.78 is 0. The first-order chi connectivity index (χ1) is 8.58. The van der Waals surface area contributed by atoms with Gasteiger partial charge in [-0.05, 0) is 27.2 Å². The lowest BCUT2D eigenvalue weighted by Gasteiger charge is -2.15. The molecule has 0 fully saturated rings. The highest BCUT2D eigenvalue weighted by atomic mass is 32.1. The van der Waals surface area contributed by atoms with Crippen LogP contribution in [0.3, 0.4) is 0 Å². The average molecular weight is 269 g/mol. The van der Waals surface area contributed by atoms with Crippen molar-refractivity contribution in [3.63, 3.8) is 0 Å². The molecule has 102 valence electrons. The van der Waals surface area contributed by atoms with Crippen LogP contribution in [0.5, 0.6) is 0 Å². The molecular formula is C12H23N5S. The topological polar surface area (TPSA) is 75.3 Å². The second-order valence-corrected chi connectivity index (χ2v) is 5.51. The number of nitrogens with two attached hydrogens (primary N) is 1. The number of unbranched alkanes of at least 4 members (excludes halogenated alkanes) is 1. The molecule has 4 N–H and O–H groups in total. The van der Waals surface area contributed by atoms with Crippen molar-refractivity contribution in [1.82, 2.24) is 15.7 Å². The van der Waals surface area contributed by atoms with Crippen LogP contribution in [0.4, 0.5) is 0 Å². The van der Waals surface area contributed by atoms with E-state index in [9.17, 15) is 0 Å². The molecule has 0 saturated carbocycles. The predicted molar refractivity (Wildman–Crippen MR) is 77.7 cm³/mol. The van der Waals surface area contributed by atoms with Gasteiger partial charge < -0.3 is 5.32 Å². The first kappa shape index (κ1) is 14.9. The number of hydrazine groups is 1. The van der Waals surface area contributed by atoms with Crippen LogP contribution in [-0.4, -0.2) is 17.5 Å². The third kappa shape index (κ3) is 4.27.